The fourth-order valence-electron chi connectivity index (χ4n) is 1.78. The van der Waals surface area contributed by atoms with Gasteiger partial charge in [0.1, 0.15) is 0 Å². The van der Waals surface area contributed by atoms with Gasteiger partial charge in [-0.3, -0.25) is 0 Å². The minimum absolute atomic E-state index is 0.207. The highest BCUT2D eigenvalue weighted by molar-refractivity contribution is 7.99. The van der Waals surface area contributed by atoms with Gasteiger partial charge in [-0.2, -0.15) is 11.8 Å². The Morgan fingerprint density at radius 2 is 2.33 bits per heavy atom. The van der Waals surface area contributed by atoms with E-state index < -0.39 is 6.10 Å². The van der Waals surface area contributed by atoms with Crippen molar-refractivity contribution in [3.8, 4) is 0 Å². The molecular formula is C13H27NO3S. The van der Waals surface area contributed by atoms with Gasteiger partial charge in [-0.1, -0.05) is 0 Å². The van der Waals surface area contributed by atoms with Crippen LogP contribution < -0.4 is 5.32 Å². The maximum Gasteiger partial charge on any atom is 0.0897 e. The molecule has 0 aliphatic carbocycles. The van der Waals surface area contributed by atoms with Gasteiger partial charge in [0.15, 0.2) is 0 Å². The summed E-state index contributed by atoms with van der Waals surface area (Å²) < 4.78 is 11.1. The molecule has 0 saturated carbocycles. The highest BCUT2D eigenvalue weighted by Crippen LogP contribution is 2.19. The summed E-state index contributed by atoms with van der Waals surface area (Å²) in [5, 5.41) is 13.0. The van der Waals surface area contributed by atoms with Gasteiger partial charge in [-0.25, -0.2) is 0 Å². The molecule has 2 atom stereocenters. The van der Waals surface area contributed by atoms with Crippen LogP contribution in [0.5, 0.6) is 0 Å². The highest BCUT2D eigenvalue weighted by Gasteiger charge is 2.17. The summed E-state index contributed by atoms with van der Waals surface area (Å²) in [7, 11) is 0. The lowest BCUT2D eigenvalue weighted by atomic mass is 10.2. The number of rotatable bonds is 9. The molecule has 1 saturated heterocycles. The molecule has 1 fully saturated rings. The van der Waals surface area contributed by atoms with Crippen molar-refractivity contribution < 1.29 is 14.6 Å². The first-order chi connectivity index (χ1) is 8.53. The van der Waals surface area contributed by atoms with Crippen molar-refractivity contribution in [3.63, 3.8) is 0 Å². The SMILES string of the molecule is CSC(C)(C)CNCC(O)COCC1CCCO1. The number of hydrogen-bond donors (Lipinski definition) is 2. The summed E-state index contributed by atoms with van der Waals surface area (Å²) in [6, 6.07) is 0. The third-order valence-corrected chi connectivity index (χ3v) is 4.37. The molecule has 2 N–H and O–H groups in total. The van der Waals surface area contributed by atoms with Crippen molar-refractivity contribution in [2.24, 2.45) is 0 Å². The third kappa shape index (κ3) is 6.95. The van der Waals surface area contributed by atoms with Gasteiger partial charge in [0.25, 0.3) is 0 Å². The maximum absolute atomic E-state index is 9.76. The van der Waals surface area contributed by atoms with Gasteiger partial charge in [-0.05, 0) is 32.9 Å². The lowest BCUT2D eigenvalue weighted by molar-refractivity contribution is -0.0164. The average Bonchev–Trinajstić information content (AvgIpc) is 2.82. The first-order valence-electron chi connectivity index (χ1n) is 6.67. The van der Waals surface area contributed by atoms with Crippen LogP contribution in [0.4, 0.5) is 0 Å². The number of aliphatic hydroxyl groups is 1. The topological polar surface area (TPSA) is 50.7 Å². The molecule has 1 aliphatic heterocycles. The van der Waals surface area contributed by atoms with E-state index in [1.807, 2.05) is 11.8 Å². The van der Waals surface area contributed by atoms with Crippen molar-refractivity contribution in [1.29, 1.82) is 0 Å². The second-order valence-electron chi connectivity index (χ2n) is 5.42. The van der Waals surface area contributed by atoms with E-state index in [0.717, 1.165) is 26.0 Å². The normalized spacial score (nSPS) is 22.3. The Labute approximate surface area is 115 Å². The Balaban J connectivity index is 1.98. The molecule has 5 heteroatoms. The van der Waals surface area contributed by atoms with E-state index in [4.69, 9.17) is 9.47 Å². The number of thioether (sulfide) groups is 1. The van der Waals surface area contributed by atoms with Crippen LogP contribution in [0.1, 0.15) is 26.7 Å². The van der Waals surface area contributed by atoms with Crippen LogP contribution >= 0.6 is 11.8 Å². The molecule has 1 aliphatic rings. The van der Waals surface area contributed by atoms with Crippen LogP contribution in [0.2, 0.25) is 0 Å². The number of ether oxygens (including phenoxy) is 2. The largest absolute Gasteiger partial charge is 0.389 e. The Kier molecular flexibility index (Phi) is 7.56. The molecule has 1 heterocycles. The first kappa shape index (κ1) is 16.2. The van der Waals surface area contributed by atoms with Gasteiger partial charge in [0, 0.05) is 24.4 Å². The van der Waals surface area contributed by atoms with E-state index in [1.165, 1.54) is 0 Å². The zero-order valence-electron chi connectivity index (χ0n) is 11.8. The van der Waals surface area contributed by atoms with Gasteiger partial charge >= 0.3 is 0 Å². The smallest absolute Gasteiger partial charge is 0.0897 e. The molecule has 0 aromatic heterocycles. The second kappa shape index (κ2) is 8.38. The summed E-state index contributed by atoms with van der Waals surface area (Å²) in [6.45, 7) is 7.67. The summed E-state index contributed by atoms with van der Waals surface area (Å²) in [5.41, 5.74) is 0. The predicted molar refractivity (Wildman–Crippen MR) is 76.3 cm³/mol. The molecule has 2 unspecified atom stereocenters. The summed E-state index contributed by atoms with van der Waals surface area (Å²) in [4.78, 5) is 0. The van der Waals surface area contributed by atoms with Gasteiger partial charge in [0.05, 0.1) is 25.4 Å². The molecule has 0 aromatic carbocycles. The molecule has 4 nitrogen and oxygen atoms in total. The predicted octanol–water partition coefficient (Wildman–Crippen LogP) is 1.27. The monoisotopic (exact) mass is 277 g/mol. The lowest BCUT2D eigenvalue weighted by Crippen LogP contribution is -2.38. The summed E-state index contributed by atoms with van der Waals surface area (Å²) in [5.74, 6) is 0. The first-order valence-corrected chi connectivity index (χ1v) is 7.89. The van der Waals surface area contributed by atoms with E-state index in [2.05, 4.69) is 25.4 Å². The number of nitrogens with one attached hydrogen (secondary N) is 1. The second-order valence-corrected chi connectivity index (χ2v) is 6.93. The maximum atomic E-state index is 9.76. The van der Waals surface area contributed by atoms with E-state index in [0.29, 0.717) is 19.8 Å². The summed E-state index contributed by atoms with van der Waals surface area (Å²) >= 11 is 1.82. The van der Waals surface area contributed by atoms with E-state index in [-0.39, 0.29) is 10.9 Å². The van der Waals surface area contributed by atoms with Crippen LogP contribution in [-0.2, 0) is 9.47 Å². The van der Waals surface area contributed by atoms with Crippen molar-refractivity contribution >= 4 is 11.8 Å². The lowest BCUT2D eigenvalue weighted by Gasteiger charge is -2.23. The average molecular weight is 277 g/mol. The van der Waals surface area contributed by atoms with Gasteiger partial charge in [-0.15, -0.1) is 0 Å². The summed E-state index contributed by atoms with van der Waals surface area (Å²) in [6.07, 6.45) is 4.10. The minimum atomic E-state index is -0.441. The van der Waals surface area contributed by atoms with E-state index in [1.54, 1.807) is 0 Å². The Morgan fingerprint density at radius 1 is 1.56 bits per heavy atom. The zero-order chi connectivity index (χ0) is 13.4. The number of aliphatic hydroxyl groups excluding tert-OH is 1. The Bertz CT molecular complexity index is 220. The van der Waals surface area contributed by atoms with E-state index in [9.17, 15) is 5.11 Å². The molecular weight excluding hydrogens is 250 g/mol. The zero-order valence-corrected chi connectivity index (χ0v) is 12.6. The van der Waals surface area contributed by atoms with Crippen LogP contribution in [-0.4, -0.2) is 61.2 Å². The molecule has 0 amide bonds. The van der Waals surface area contributed by atoms with Crippen molar-refractivity contribution in [1.82, 2.24) is 5.32 Å². The van der Waals surface area contributed by atoms with Crippen LogP contribution in [0.3, 0.4) is 0 Å². The molecule has 108 valence electrons. The molecule has 0 spiro atoms. The highest BCUT2D eigenvalue weighted by atomic mass is 32.2. The standard InChI is InChI=1S/C13H27NO3S/c1-13(2,18-3)10-14-7-11(15)8-16-9-12-5-4-6-17-12/h11-12,14-15H,4-10H2,1-3H3. The molecule has 1 rings (SSSR count). The van der Waals surface area contributed by atoms with Gasteiger partial charge < -0.3 is 19.9 Å². The fraction of sp³-hybridized carbons (Fsp3) is 1.00. The van der Waals surface area contributed by atoms with Crippen molar-refractivity contribution in [2.45, 2.75) is 43.6 Å². The minimum Gasteiger partial charge on any atom is -0.389 e. The quantitative estimate of drug-likeness (QED) is 0.665. The third-order valence-electron chi connectivity index (χ3n) is 3.12. The van der Waals surface area contributed by atoms with E-state index >= 15 is 0 Å². The molecule has 0 bridgehead atoms. The molecule has 0 aromatic rings. The van der Waals surface area contributed by atoms with Crippen LogP contribution in [0.25, 0.3) is 0 Å². The number of hydrogen-bond acceptors (Lipinski definition) is 5. The Morgan fingerprint density at radius 3 is 2.94 bits per heavy atom. The van der Waals surface area contributed by atoms with Gasteiger partial charge in [0.2, 0.25) is 0 Å². The molecule has 18 heavy (non-hydrogen) atoms. The molecule has 0 radical (unpaired) electrons. The van der Waals surface area contributed by atoms with Crippen LogP contribution in [0.15, 0.2) is 0 Å². The van der Waals surface area contributed by atoms with Crippen LogP contribution in [0, 0.1) is 0 Å². The van der Waals surface area contributed by atoms with Crippen molar-refractivity contribution in [3.05, 3.63) is 0 Å². The fourth-order valence-corrected chi connectivity index (χ4v) is 2.03. The Hall–Kier alpha value is 0.190. The van der Waals surface area contributed by atoms with Crippen molar-refractivity contribution in [2.75, 3.05) is 39.2 Å².